The topological polar surface area (TPSA) is 30.5 Å². The molecule has 0 saturated carbocycles. The first-order valence-electron chi connectivity index (χ1n) is 5.50. The number of ether oxygens (including phenoxy) is 2. The van der Waals surface area contributed by atoms with Gasteiger partial charge in [-0.3, -0.25) is 4.74 Å². The number of halogens is 3. The molecule has 0 fully saturated rings. The molecule has 0 saturated heterocycles. The average molecular weight is 263 g/mol. The highest BCUT2D eigenvalue weighted by atomic mass is 19.4. The van der Waals surface area contributed by atoms with Gasteiger partial charge in [0.25, 0.3) is 0 Å². The maximum Gasteiger partial charge on any atom is 0.522 e. The van der Waals surface area contributed by atoms with E-state index in [1.807, 2.05) is 19.1 Å². The fourth-order valence-electron chi connectivity index (χ4n) is 1.45. The van der Waals surface area contributed by atoms with Crippen molar-refractivity contribution in [2.24, 2.45) is 0 Å². The van der Waals surface area contributed by atoms with Crippen LogP contribution in [0.15, 0.2) is 24.3 Å². The smallest absolute Gasteiger partial charge is 0.497 e. The van der Waals surface area contributed by atoms with Gasteiger partial charge in [-0.15, -0.1) is 13.2 Å². The molecule has 0 heterocycles. The van der Waals surface area contributed by atoms with Gasteiger partial charge in [-0.25, -0.2) is 0 Å². The second kappa shape index (κ2) is 6.61. The summed E-state index contributed by atoms with van der Waals surface area (Å²) in [5.74, 6) is 0.742. The molecule has 1 rings (SSSR count). The van der Waals surface area contributed by atoms with Gasteiger partial charge in [0, 0.05) is 12.6 Å². The highest BCUT2D eigenvalue weighted by molar-refractivity contribution is 5.28. The second-order valence-corrected chi connectivity index (χ2v) is 3.74. The van der Waals surface area contributed by atoms with Gasteiger partial charge in [0.05, 0.1) is 13.7 Å². The fourth-order valence-corrected chi connectivity index (χ4v) is 1.45. The van der Waals surface area contributed by atoms with Crippen molar-refractivity contribution in [1.29, 1.82) is 0 Å². The Morgan fingerprint density at radius 3 is 2.33 bits per heavy atom. The summed E-state index contributed by atoms with van der Waals surface area (Å²) in [5.41, 5.74) is 0.975. The number of benzene rings is 1. The summed E-state index contributed by atoms with van der Waals surface area (Å²) in [5, 5.41) is 2.94. The highest BCUT2D eigenvalue weighted by Crippen LogP contribution is 2.18. The molecule has 1 aromatic rings. The van der Waals surface area contributed by atoms with Crippen LogP contribution >= 0.6 is 0 Å². The van der Waals surface area contributed by atoms with Crippen molar-refractivity contribution < 1.29 is 22.6 Å². The number of alkyl halides is 3. The Morgan fingerprint density at radius 1 is 1.22 bits per heavy atom. The van der Waals surface area contributed by atoms with E-state index in [1.54, 1.807) is 19.2 Å². The maximum absolute atomic E-state index is 11.7. The number of rotatable bonds is 6. The molecule has 0 aliphatic carbocycles. The Morgan fingerprint density at radius 2 is 1.83 bits per heavy atom. The number of hydrogen-bond acceptors (Lipinski definition) is 3. The van der Waals surface area contributed by atoms with Crippen LogP contribution in [-0.4, -0.2) is 26.6 Å². The van der Waals surface area contributed by atoms with Crippen molar-refractivity contribution in [3.8, 4) is 5.75 Å². The van der Waals surface area contributed by atoms with E-state index in [9.17, 15) is 13.2 Å². The summed E-state index contributed by atoms with van der Waals surface area (Å²) >= 11 is 0. The van der Waals surface area contributed by atoms with E-state index < -0.39 is 13.0 Å². The molecule has 0 aromatic heterocycles. The molecule has 3 nitrogen and oxygen atoms in total. The van der Waals surface area contributed by atoms with Crippen molar-refractivity contribution in [3.05, 3.63) is 29.8 Å². The van der Waals surface area contributed by atoms with Gasteiger partial charge in [-0.1, -0.05) is 12.1 Å². The van der Waals surface area contributed by atoms with Crippen molar-refractivity contribution in [1.82, 2.24) is 5.32 Å². The highest BCUT2D eigenvalue weighted by Gasteiger charge is 2.28. The maximum atomic E-state index is 11.7. The molecule has 0 radical (unpaired) electrons. The Hall–Kier alpha value is -1.27. The van der Waals surface area contributed by atoms with E-state index in [-0.39, 0.29) is 12.6 Å². The van der Waals surface area contributed by atoms with Crippen molar-refractivity contribution in [2.45, 2.75) is 19.3 Å². The molecular weight excluding hydrogens is 247 g/mol. The van der Waals surface area contributed by atoms with E-state index in [0.29, 0.717) is 0 Å². The van der Waals surface area contributed by atoms with Crippen molar-refractivity contribution >= 4 is 0 Å². The summed E-state index contributed by atoms with van der Waals surface area (Å²) in [7, 11) is 1.57. The summed E-state index contributed by atoms with van der Waals surface area (Å²) in [6, 6.07) is 7.29. The monoisotopic (exact) mass is 263 g/mol. The van der Waals surface area contributed by atoms with Gasteiger partial charge in [0.15, 0.2) is 0 Å². The van der Waals surface area contributed by atoms with Crippen LogP contribution in [0.1, 0.15) is 18.5 Å². The minimum Gasteiger partial charge on any atom is -0.497 e. The van der Waals surface area contributed by atoms with E-state index in [0.717, 1.165) is 11.3 Å². The zero-order valence-electron chi connectivity index (χ0n) is 10.3. The summed E-state index contributed by atoms with van der Waals surface area (Å²) in [6.45, 7) is 1.60. The minimum absolute atomic E-state index is 0.0484. The van der Waals surface area contributed by atoms with Gasteiger partial charge in [0.2, 0.25) is 0 Å². The molecular formula is C12H16F3NO2. The first-order valence-corrected chi connectivity index (χ1v) is 5.50. The third kappa shape index (κ3) is 5.37. The van der Waals surface area contributed by atoms with Crippen LogP contribution in [0.25, 0.3) is 0 Å². The lowest BCUT2D eigenvalue weighted by molar-refractivity contribution is -0.323. The summed E-state index contributed by atoms with van der Waals surface area (Å²) in [6.07, 6.45) is -4.56. The zero-order chi connectivity index (χ0) is 13.6. The lowest BCUT2D eigenvalue weighted by Crippen LogP contribution is -2.26. The third-order valence-corrected chi connectivity index (χ3v) is 2.43. The average Bonchev–Trinajstić information content (AvgIpc) is 2.33. The van der Waals surface area contributed by atoms with Gasteiger partial charge in [-0.05, 0) is 24.6 Å². The Bertz CT molecular complexity index is 351. The molecule has 0 aliphatic rings. The second-order valence-electron chi connectivity index (χ2n) is 3.74. The van der Waals surface area contributed by atoms with E-state index >= 15 is 0 Å². The summed E-state index contributed by atoms with van der Waals surface area (Å²) < 4.78 is 43.9. The largest absolute Gasteiger partial charge is 0.522 e. The van der Waals surface area contributed by atoms with Crippen LogP contribution in [-0.2, 0) is 4.74 Å². The predicted octanol–water partition coefficient (Wildman–Crippen LogP) is 2.88. The fraction of sp³-hybridized carbons (Fsp3) is 0.500. The molecule has 1 aromatic carbocycles. The third-order valence-electron chi connectivity index (χ3n) is 2.43. The van der Waals surface area contributed by atoms with Crippen LogP contribution in [0, 0.1) is 0 Å². The standard InChI is InChI=1S/C12H16F3NO2/c1-9(16-7-8-18-12(13,14)15)10-3-5-11(17-2)6-4-10/h3-6,9,16H,7-8H2,1-2H3/t9-/m1/s1. The quantitative estimate of drug-likeness (QED) is 0.800. The Balaban J connectivity index is 2.33. The first-order chi connectivity index (χ1) is 8.42. The molecule has 18 heavy (non-hydrogen) atoms. The van der Waals surface area contributed by atoms with Crippen LogP contribution < -0.4 is 10.1 Å². The lowest BCUT2D eigenvalue weighted by Gasteiger charge is -2.15. The molecule has 0 spiro atoms. The van der Waals surface area contributed by atoms with Gasteiger partial charge in [-0.2, -0.15) is 0 Å². The number of nitrogens with one attached hydrogen (secondary N) is 1. The zero-order valence-corrected chi connectivity index (χ0v) is 10.3. The molecule has 0 aliphatic heterocycles. The SMILES string of the molecule is COc1ccc([C@@H](C)NCCOC(F)(F)F)cc1. The first kappa shape index (κ1) is 14.8. The molecule has 102 valence electrons. The van der Waals surface area contributed by atoms with Gasteiger partial charge >= 0.3 is 6.36 Å². The van der Waals surface area contributed by atoms with E-state index in [2.05, 4.69) is 10.1 Å². The summed E-state index contributed by atoms with van der Waals surface area (Å²) in [4.78, 5) is 0. The number of hydrogen-bond donors (Lipinski definition) is 1. The lowest BCUT2D eigenvalue weighted by atomic mass is 10.1. The molecule has 6 heteroatoms. The van der Waals surface area contributed by atoms with Crippen LogP contribution in [0.5, 0.6) is 5.75 Å². The van der Waals surface area contributed by atoms with Crippen molar-refractivity contribution in [2.75, 3.05) is 20.3 Å². The molecule has 1 N–H and O–H groups in total. The van der Waals surface area contributed by atoms with E-state index in [1.165, 1.54) is 0 Å². The Kier molecular flexibility index (Phi) is 5.43. The van der Waals surface area contributed by atoms with Gasteiger partial charge < -0.3 is 10.1 Å². The van der Waals surface area contributed by atoms with Crippen LogP contribution in [0.4, 0.5) is 13.2 Å². The van der Waals surface area contributed by atoms with Gasteiger partial charge in [0.1, 0.15) is 5.75 Å². The Labute approximate surface area is 104 Å². The molecule has 1 atom stereocenters. The molecule has 0 bridgehead atoms. The number of methoxy groups -OCH3 is 1. The van der Waals surface area contributed by atoms with E-state index in [4.69, 9.17) is 4.74 Å². The molecule has 0 unspecified atom stereocenters. The normalized spacial score (nSPS) is 13.4. The van der Waals surface area contributed by atoms with Crippen LogP contribution in [0.2, 0.25) is 0 Å². The minimum atomic E-state index is -4.56. The molecule has 0 amide bonds. The van der Waals surface area contributed by atoms with Crippen LogP contribution in [0.3, 0.4) is 0 Å². The predicted molar refractivity (Wildman–Crippen MR) is 61.4 cm³/mol. The van der Waals surface area contributed by atoms with Crippen molar-refractivity contribution in [3.63, 3.8) is 0 Å².